The van der Waals surface area contributed by atoms with Crippen molar-refractivity contribution in [2.24, 2.45) is 0 Å². The highest BCUT2D eigenvalue weighted by molar-refractivity contribution is 9.10. The number of aryl methyl sites for hydroxylation is 1. The molecule has 0 unspecified atom stereocenters. The molecule has 3 aromatic rings. The van der Waals surface area contributed by atoms with Crippen molar-refractivity contribution in [3.63, 3.8) is 0 Å². The normalized spacial score (nSPS) is 10.8. The second-order valence-electron chi connectivity index (χ2n) is 5.37. The molecule has 0 fully saturated rings. The van der Waals surface area contributed by atoms with Crippen molar-refractivity contribution >= 4 is 33.0 Å². The molecule has 0 aliphatic carbocycles. The summed E-state index contributed by atoms with van der Waals surface area (Å²) in [7, 11) is 1.58. The average Bonchev–Trinajstić information content (AvgIpc) is 2.93. The van der Waals surface area contributed by atoms with Gasteiger partial charge < -0.3 is 13.9 Å². The molecule has 2 aromatic carbocycles. The van der Waals surface area contributed by atoms with Gasteiger partial charge in [-0.1, -0.05) is 18.2 Å². The molecule has 1 heterocycles. The number of nitrogens with zero attached hydrogens (tertiary/aromatic N) is 1. The Morgan fingerprint density at radius 3 is 2.80 bits per heavy atom. The van der Waals surface area contributed by atoms with Gasteiger partial charge in [-0.2, -0.15) is 0 Å². The summed E-state index contributed by atoms with van der Waals surface area (Å²) in [4.78, 5) is 23.8. The predicted molar refractivity (Wildman–Crippen MR) is 95.6 cm³/mol. The van der Waals surface area contributed by atoms with E-state index < -0.39 is 5.76 Å². The Morgan fingerprint density at radius 2 is 2.04 bits per heavy atom. The zero-order chi connectivity index (χ0) is 17.8. The molecular formula is C18H16BrNO5. The maximum absolute atomic E-state index is 12.0. The van der Waals surface area contributed by atoms with Gasteiger partial charge in [-0.3, -0.25) is 9.36 Å². The molecule has 25 heavy (non-hydrogen) atoms. The molecule has 0 atom stereocenters. The number of carbonyl (C=O) groups is 1. The molecule has 0 bridgehead atoms. The summed E-state index contributed by atoms with van der Waals surface area (Å²) in [6.45, 7) is 0.365. The second-order valence-corrected chi connectivity index (χ2v) is 6.22. The van der Waals surface area contributed by atoms with E-state index in [2.05, 4.69) is 15.9 Å². The van der Waals surface area contributed by atoms with Gasteiger partial charge in [-0.25, -0.2) is 4.79 Å². The molecule has 0 spiro atoms. The number of para-hydroxylation sites is 2. The maximum atomic E-state index is 12.0. The fourth-order valence-corrected chi connectivity index (χ4v) is 3.05. The number of carbonyl (C=O) groups excluding carboxylic acids is 1. The number of benzene rings is 2. The van der Waals surface area contributed by atoms with E-state index in [1.807, 2.05) is 18.2 Å². The minimum Gasteiger partial charge on any atom is -0.496 e. The smallest absolute Gasteiger partial charge is 0.419 e. The van der Waals surface area contributed by atoms with Crippen molar-refractivity contribution in [2.75, 3.05) is 7.11 Å². The third-order valence-corrected chi connectivity index (χ3v) is 4.35. The zero-order valence-corrected chi connectivity index (χ0v) is 15.1. The quantitative estimate of drug-likeness (QED) is 0.586. The Hall–Kier alpha value is -2.54. The van der Waals surface area contributed by atoms with Gasteiger partial charge in [0.2, 0.25) is 0 Å². The first-order valence-electron chi connectivity index (χ1n) is 7.65. The van der Waals surface area contributed by atoms with E-state index in [-0.39, 0.29) is 25.5 Å². The Kier molecular flexibility index (Phi) is 5.23. The zero-order valence-electron chi connectivity index (χ0n) is 13.5. The number of hydrogen-bond acceptors (Lipinski definition) is 5. The van der Waals surface area contributed by atoms with Crippen LogP contribution in [0, 0.1) is 0 Å². The van der Waals surface area contributed by atoms with Crippen molar-refractivity contribution < 1.29 is 18.7 Å². The van der Waals surface area contributed by atoms with Gasteiger partial charge in [0.05, 0.1) is 23.5 Å². The van der Waals surface area contributed by atoms with E-state index in [9.17, 15) is 9.59 Å². The number of hydrogen-bond donors (Lipinski definition) is 0. The van der Waals surface area contributed by atoms with Gasteiger partial charge in [-0.15, -0.1) is 0 Å². The Morgan fingerprint density at radius 1 is 1.24 bits per heavy atom. The van der Waals surface area contributed by atoms with Crippen LogP contribution < -0.4 is 10.5 Å². The lowest BCUT2D eigenvalue weighted by molar-refractivity contribution is -0.145. The Labute approximate surface area is 152 Å². The number of ether oxygens (including phenoxy) is 2. The number of aromatic nitrogens is 1. The van der Waals surface area contributed by atoms with Crippen molar-refractivity contribution in [3.8, 4) is 5.75 Å². The summed E-state index contributed by atoms with van der Waals surface area (Å²) < 4.78 is 17.8. The first-order valence-corrected chi connectivity index (χ1v) is 8.44. The van der Waals surface area contributed by atoms with E-state index in [0.29, 0.717) is 16.8 Å². The second kappa shape index (κ2) is 7.57. The summed E-state index contributed by atoms with van der Waals surface area (Å²) in [5.41, 5.74) is 2.01. The van der Waals surface area contributed by atoms with E-state index in [4.69, 9.17) is 13.9 Å². The van der Waals surface area contributed by atoms with Gasteiger partial charge in [-0.05, 0) is 45.8 Å². The number of rotatable bonds is 6. The summed E-state index contributed by atoms with van der Waals surface area (Å²) in [6, 6.07) is 12.5. The number of oxazole rings is 1. The molecule has 1 aromatic heterocycles. The summed E-state index contributed by atoms with van der Waals surface area (Å²) >= 11 is 3.39. The van der Waals surface area contributed by atoms with Gasteiger partial charge in [0.1, 0.15) is 12.4 Å². The van der Waals surface area contributed by atoms with Crippen LogP contribution in [-0.4, -0.2) is 17.6 Å². The molecule has 0 saturated carbocycles. The van der Waals surface area contributed by atoms with E-state index >= 15 is 0 Å². The van der Waals surface area contributed by atoms with E-state index in [1.165, 1.54) is 4.57 Å². The van der Waals surface area contributed by atoms with Crippen molar-refractivity contribution in [2.45, 2.75) is 19.6 Å². The molecule has 0 N–H and O–H groups in total. The first-order chi connectivity index (χ1) is 12.1. The standard InChI is InChI=1S/C18H16BrNO5/c1-23-15-7-6-12(10-13(15)19)11-24-17(21)8-9-20-14-4-2-3-5-16(14)25-18(20)22/h2-7,10H,8-9,11H2,1H3. The number of methoxy groups -OCH3 is 1. The summed E-state index contributed by atoms with van der Waals surface area (Å²) in [5, 5.41) is 0. The van der Waals surface area contributed by atoms with Crippen molar-refractivity contribution in [3.05, 3.63) is 63.1 Å². The molecule has 130 valence electrons. The van der Waals surface area contributed by atoms with Crippen LogP contribution in [0.4, 0.5) is 0 Å². The number of fused-ring (bicyclic) bond motifs is 1. The molecule has 0 aliphatic heterocycles. The Bertz CT molecular complexity index is 959. The van der Waals surface area contributed by atoms with Crippen LogP contribution in [0.2, 0.25) is 0 Å². The number of halogens is 1. The predicted octanol–water partition coefficient (Wildman–Crippen LogP) is 3.50. The minimum atomic E-state index is -0.479. The fraction of sp³-hybridized carbons (Fsp3) is 0.222. The highest BCUT2D eigenvalue weighted by Gasteiger charge is 2.11. The van der Waals surface area contributed by atoms with E-state index in [0.717, 1.165) is 10.0 Å². The first kappa shape index (κ1) is 17.3. The van der Waals surface area contributed by atoms with Gasteiger partial charge in [0.25, 0.3) is 0 Å². The molecule has 6 nitrogen and oxygen atoms in total. The van der Waals surface area contributed by atoms with Crippen LogP contribution in [0.5, 0.6) is 5.75 Å². The highest BCUT2D eigenvalue weighted by Crippen LogP contribution is 2.25. The number of esters is 1. The molecule has 7 heteroatoms. The SMILES string of the molecule is COc1ccc(COC(=O)CCn2c(=O)oc3ccccc32)cc1Br. The van der Waals surface area contributed by atoms with E-state index in [1.54, 1.807) is 31.4 Å². The molecule has 3 rings (SSSR count). The largest absolute Gasteiger partial charge is 0.496 e. The van der Waals surface area contributed by atoms with Gasteiger partial charge in [0, 0.05) is 6.54 Å². The third-order valence-electron chi connectivity index (χ3n) is 3.73. The lowest BCUT2D eigenvalue weighted by Crippen LogP contribution is -2.17. The summed E-state index contributed by atoms with van der Waals surface area (Å²) in [6.07, 6.45) is 0.0841. The maximum Gasteiger partial charge on any atom is 0.419 e. The Balaban J connectivity index is 1.58. The van der Waals surface area contributed by atoms with Crippen LogP contribution in [0.3, 0.4) is 0 Å². The van der Waals surface area contributed by atoms with Gasteiger partial charge in [0.15, 0.2) is 5.58 Å². The molecule has 0 saturated heterocycles. The molecule has 0 aliphatic rings. The topological polar surface area (TPSA) is 70.7 Å². The van der Waals surface area contributed by atoms with Crippen LogP contribution in [0.1, 0.15) is 12.0 Å². The van der Waals surface area contributed by atoms with Crippen LogP contribution in [0.15, 0.2) is 56.1 Å². The minimum absolute atomic E-state index is 0.0841. The van der Waals surface area contributed by atoms with Crippen molar-refractivity contribution in [1.29, 1.82) is 0 Å². The lowest BCUT2D eigenvalue weighted by Gasteiger charge is -2.08. The third kappa shape index (κ3) is 3.93. The molecule has 0 amide bonds. The van der Waals surface area contributed by atoms with Crippen molar-refractivity contribution in [1.82, 2.24) is 4.57 Å². The highest BCUT2D eigenvalue weighted by atomic mass is 79.9. The monoisotopic (exact) mass is 405 g/mol. The summed E-state index contributed by atoms with van der Waals surface area (Å²) in [5.74, 6) is -0.154. The van der Waals surface area contributed by atoms with Crippen LogP contribution in [-0.2, 0) is 22.7 Å². The lowest BCUT2D eigenvalue weighted by atomic mass is 10.2. The van der Waals surface area contributed by atoms with Gasteiger partial charge >= 0.3 is 11.7 Å². The fourth-order valence-electron chi connectivity index (χ4n) is 2.46. The molecule has 0 radical (unpaired) electrons. The van der Waals surface area contributed by atoms with Crippen LogP contribution >= 0.6 is 15.9 Å². The average molecular weight is 406 g/mol. The molecular weight excluding hydrogens is 390 g/mol. The van der Waals surface area contributed by atoms with Crippen LogP contribution in [0.25, 0.3) is 11.1 Å².